The summed E-state index contributed by atoms with van der Waals surface area (Å²) >= 11 is 0. The van der Waals surface area contributed by atoms with Gasteiger partial charge in [0.25, 0.3) is 5.91 Å². The van der Waals surface area contributed by atoms with Gasteiger partial charge in [-0.25, -0.2) is 8.78 Å². The summed E-state index contributed by atoms with van der Waals surface area (Å²) in [5, 5.41) is 0. The molecule has 0 radical (unpaired) electrons. The van der Waals surface area contributed by atoms with E-state index in [1.165, 1.54) is 13.1 Å². The maximum absolute atomic E-state index is 12.8. The molecule has 1 aromatic rings. The number of halogens is 2. The number of carbonyl (C=O) groups is 2. The predicted octanol–water partition coefficient (Wildman–Crippen LogP) is 1.51. The van der Waals surface area contributed by atoms with E-state index in [0.29, 0.717) is 5.56 Å². The Morgan fingerprint density at radius 1 is 1.25 bits per heavy atom. The molecule has 0 bridgehead atoms. The molecule has 0 saturated carbocycles. The largest absolute Gasteiger partial charge is 0.335 e. The molecule has 1 rings (SSSR count). The highest BCUT2D eigenvalue weighted by molar-refractivity contribution is 6.34. The number of Topliss-reactive ketones (excluding diaryl/α,β-unsaturated/α-hetero) is 1. The van der Waals surface area contributed by atoms with E-state index in [2.05, 4.69) is 0 Å². The first-order chi connectivity index (χ1) is 7.41. The van der Waals surface area contributed by atoms with Gasteiger partial charge >= 0.3 is 0 Å². The molecule has 5 heteroatoms. The van der Waals surface area contributed by atoms with Crippen LogP contribution in [0.2, 0.25) is 0 Å². The molecule has 0 spiro atoms. The van der Waals surface area contributed by atoms with Crippen molar-refractivity contribution in [1.82, 2.24) is 4.90 Å². The summed E-state index contributed by atoms with van der Waals surface area (Å²) in [6.07, 6.45) is 0. The van der Waals surface area contributed by atoms with Crippen molar-refractivity contribution >= 4 is 11.7 Å². The Morgan fingerprint density at radius 2 is 1.88 bits per heavy atom. The third-order valence-corrected chi connectivity index (χ3v) is 2.05. The normalized spacial score (nSPS) is 10.0. The Hall–Kier alpha value is -1.78. The fourth-order valence-electron chi connectivity index (χ4n) is 1.25. The van der Waals surface area contributed by atoms with Crippen LogP contribution >= 0.6 is 0 Å². The average Bonchev–Trinajstić information content (AvgIpc) is 2.22. The number of carbonyl (C=O) groups excluding carboxylic acids is 2. The minimum absolute atomic E-state index is 0.0651. The first-order valence-electron chi connectivity index (χ1n) is 4.61. The van der Waals surface area contributed by atoms with Gasteiger partial charge in [-0.05, 0) is 17.7 Å². The quantitative estimate of drug-likeness (QED) is 0.734. The van der Waals surface area contributed by atoms with Gasteiger partial charge in [0.15, 0.2) is 11.6 Å². The Morgan fingerprint density at radius 3 is 2.38 bits per heavy atom. The SMILES string of the molecule is CC(=O)C(=O)N(C)Cc1ccc(F)c(F)c1. The van der Waals surface area contributed by atoms with E-state index < -0.39 is 23.3 Å². The zero-order chi connectivity index (χ0) is 12.3. The molecule has 0 unspecified atom stereocenters. The molecule has 0 aliphatic heterocycles. The van der Waals surface area contributed by atoms with Crippen molar-refractivity contribution in [3.05, 3.63) is 35.4 Å². The van der Waals surface area contributed by atoms with E-state index in [1.54, 1.807) is 0 Å². The van der Waals surface area contributed by atoms with Crippen LogP contribution in [-0.2, 0) is 16.1 Å². The first-order valence-corrected chi connectivity index (χ1v) is 4.61. The third kappa shape index (κ3) is 2.85. The maximum Gasteiger partial charge on any atom is 0.289 e. The molecule has 0 aliphatic rings. The van der Waals surface area contributed by atoms with Crippen LogP contribution in [0.4, 0.5) is 8.78 Å². The molecule has 0 N–H and O–H groups in total. The lowest BCUT2D eigenvalue weighted by Gasteiger charge is -2.15. The lowest BCUT2D eigenvalue weighted by molar-refractivity contribution is -0.143. The van der Waals surface area contributed by atoms with Crippen molar-refractivity contribution in [3.8, 4) is 0 Å². The Labute approximate surface area is 91.7 Å². The van der Waals surface area contributed by atoms with Gasteiger partial charge in [-0.15, -0.1) is 0 Å². The number of ketones is 1. The lowest BCUT2D eigenvalue weighted by Crippen LogP contribution is -2.31. The van der Waals surface area contributed by atoms with Gasteiger partial charge in [0, 0.05) is 20.5 Å². The zero-order valence-corrected chi connectivity index (χ0v) is 8.96. The fourth-order valence-corrected chi connectivity index (χ4v) is 1.25. The molecule has 0 aliphatic carbocycles. The van der Waals surface area contributed by atoms with Gasteiger partial charge in [-0.2, -0.15) is 0 Å². The van der Waals surface area contributed by atoms with Crippen molar-refractivity contribution in [2.24, 2.45) is 0 Å². The average molecular weight is 227 g/mol. The lowest BCUT2D eigenvalue weighted by atomic mass is 10.2. The number of amides is 1. The van der Waals surface area contributed by atoms with Crippen LogP contribution in [0.25, 0.3) is 0 Å². The standard InChI is InChI=1S/C11H11F2NO2/c1-7(15)11(16)14(2)6-8-3-4-9(12)10(13)5-8/h3-5H,6H2,1-2H3. The van der Waals surface area contributed by atoms with E-state index >= 15 is 0 Å². The van der Waals surface area contributed by atoms with Gasteiger partial charge in [-0.3, -0.25) is 9.59 Å². The number of rotatable bonds is 3. The second kappa shape index (κ2) is 4.83. The zero-order valence-electron chi connectivity index (χ0n) is 8.96. The minimum atomic E-state index is -0.971. The van der Waals surface area contributed by atoms with Gasteiger partial charge in [0.1, 0.15) is 0 Å². The van der Waals surface area contributed by atoms with Crippen molar-refractivity contribution in [2.45, 2.75) is 13.5 Å². The van der Waals surface area contributed by atoms with E-state index in [1.807, 2.05) is 0 Å². The summed E-state index contributed by atoms with van der Waals surface area (Å²) in [4.78, 5) is 23.1. The number of hydrogen-bond donors (Lipinski definition) is 0. The molecule has 3 nitrogen and oxygen atoms in total. The Balaban J connectivity index is 2.77. The van der Waals surface area contributed by atoms with E-state index in [-0.39, 0.29) is 6.54 Å². The highest BCUT2D eigenvalue weighted by atomic mass is 19.2. The Kier molecular flexibility index (Phi) is 3.71. The first kappa shape index (κ1) is 12.3. The van der Waals surface area contributed by atoms with Gasteiger partial charge in [0.2, 0.25) is 5.78 Å². The maximum atomic E-state index is 12.8. The molecule has 16 heavy (non-hydrogen) atoms. The van der Waals surface area contributed by atoms with Crippen LogP contribution in [0.3, 0.4) is 0 Å². The molecule has 0 atom stereocenters. The van der Waals surface area contributed by atoms with E-state index in [0.717, 1.165) is 24.0 Å². The topological polar surface area (TPSA) is 37.4 Å². The third-order valence-electron chi connectivity index (χ3n) is 2.05. The second-order valence-corrected chi connectivity index (χ2v) is 3.47. The molecule has 86 valence electrons. The molecule has 0 fully saturated rings. The van der Waals surface area contributed by atoms with E-state index in [9.17, 15) is 18.4 Å². The molecule has 0 heterocycles. The van der Waals surface area contributed by atoms with Gasteiger partial charge in [0.05, 0.1) is 0 Å². The number of hydrogen-bond acceptors (Lipinski definition) is 2. The summed E-state index contributed by atoms with van der Waals surface area (Å²) in [5.41, 5.74) is 0.427. The van der Waals surface area contributed by atoms with Crippen molar-refractivity contribution in [2.75, 3.05) is 7.05 Å². The molecule has 0 saturated heterocycles. The smallest absolute Gasteiger partial charge is 0.289 e. The van der Waals surface area contributed by atoms with Gasteiger partial charge < -0.3 is 4.90 Å². The highest BCUT2D eigenvalue weighted by Gasteiger charge is 2.14. The van der Waals surface area contributed by atoms with Crippen molar-refractivity contribution in [1.29, 1.82) is 0 Å². The monoisotopic (exact) mass is 227 g/mol. The van der Waals surface area contributed by atoms with Crippen LogP contribution in [0.1, 0.15) is 12.5 Å². The van der Waals surface area contributed by atoms with E-state index in [4.69, 9.17) is 0 Å². The van der Waals surface area contributed by atoms with Crippen LogP contribution in [0.5, 0.6) is 0 Å². The number of likely N-dealkylation sites (N-methyl/N-ethyl adjacent to an activating group) is 1. The van der Waals surface area contributed by atoms with Crippen LogP contribution in [0.15, 0.2) is 18.2 Å². The molecule has 1 amide bonds. The summed E-state index contributed by atoms with van der Waals surface area (Å²) in [7, 11) is 1.42. The summed E-state index contributed by atoms with van der Waals surface area (Å²) in [6, 6.07) is 3.35. The summed E-state index contributed by atoms with van der Waals surface area (Å²) in [6.45, 7) is 1.22. The Bertz CT molecular complexity index is 432. The minimum Gasteiger partial charge on any atom is -0.335 e. The fraction of sp³-hybridized carbons (Fsp3) is 0.273. The highest BCUT2D eigenvalue weighted by Crippen LogP contribution is 2.10. The second-order valence-electron chi connectivity index (χ2n) is 3.47. The van der Waals surface area contributed by atoms with Crippen molar-refractivity contribution in [3.63, 3.8) is 0 Å². The molecular formula is C11H11F2NO2. The number of nitrogens with zero attached hydrogens (tertiary/aromatic N) is 1. The predicted molar refractivity (Wildman–Crippen MR) is 53.5 cm³/mol. The van der Waals surface area contributed by atoms with Gasteiger partial charge in [-0.1, -0.05) is 6.07 Å². The molecular weight excluding hydrogens is 216 g/mol. The summed E-state index contributed by atoms with van der Waals surface area (Å²) in [5.74, 6) is -3.17. The summed E-state index contributed by atoms with van der Waals surface area (Å²) < 4.78 is 25.5. The number of benzene rings is 1. The van der Waals surface area contributed by atoms with Crippen molar-refractivity contribution < 1.29 is 18.4 Å². The van der Waals surface area contributed by atoms with Crippen LogP contribution in [0, 0.1) is 11.6 Å². The molecule has 0 aromatic heterocycles. The van der Waals surface area contributed by atoms with Crippen LogP contribution < -0.4 is 0 Å². The van der Waals surface area contributed by atoms with Crippen LogP contribution in [-0.4, -0.2) is 23.6 Å². The molecule has 1 aromatic carbocycles.